The highest BCUT2D eigenvalue weighted by molar-refractivity contribution is 5.96. The van der Waals surface area contributed by atoms with Crippen LogP contribution in [0.3, 0.4) is 0 Å². The number of carbonyl (C=O) groups is 1. The number of hydrogen-bond donors (Lipinski definition) is 2. The van der Waals surface area contributed by atoms with Gasteiger partial charge in [0, 0.05) is 17.7 Å². The minimum atomic E-state index is -0.465. The molecule has 3 aromatic carbocycles. The summed E-state index contributed by atoms with van der Waals surface area (Å²) in [5.41, 5.74) is 3.90. The fourth-order valence-corrected chi connectivity index (χ4v) is 2.99. The van der Waals surface area contributed by atoms with Crippen molar-refractivity contribution in [3.63, 3.8) is 0 Å². The van der Waals surface area contributed by atoms with Crippen LogP contribution in [0.1, 0.15) is 5.56 Å². The Bertz CT molecular complexity index is 1130. The minimum Gasteiger partial charge on any atom is -0.338 e. The van der Waals surface area contributed by atoms with Gasteiger partial charge in [0.2, 0.25) is 5.91 Å². The van der Waals surface area contributed by atoms with Crippen molar-refractivity contribution in [2.75, 3.05) is 5.32 Å². The van der Waals surface area contributed by atoms with E-state index in [4.69, 9.17) is 0 Å². The topological polar surface area (TPSA) is 101 Å². The zero-order valence-corrected chi connectivity index (χ0v) is 14.8. The zero-order chi connectivity index (χ0) is 19.5. The SMILES string of the molecule is O=C(Cc1ccc([N+](=O)[O-])cc1)Nc1ccccc1-c1nc2ccccc2[nH]1. The lowest BCUT2D eigenvalue weighted by atomic mass is 10.1. The van der Waals surface area contributed by atoms with E-state index >= 15 is 0 Å². The van der Waals surface area contributed by atoms with E-state index in [2.05, 4.69) is 15.3 Å². The molecule has 138 valence electrons. The molecule has 0 spiro atoms. The van der Waals surface area contributed by atoms with E-state index in [-0.39, 0.29) is 18.0 Å². The molecule has 7 heteroatoms. The molecule has 0 aliphatic rings. The van der Waals surface area contributed by atoms with Crippen molar-refractivity contribution >= 4 is 28.3 Å². The number of aromatic amines is 1. The molecule has 0 saturated carbocycles. The molecule has 4 aromatic rings. The second-order valence-corrected chi connectivity index (χ2v) is 6.30. The minimum absolute atomic E-state index is 0.000565. The number of amides is 1. The van der Waals surface area contributed by atoms with Crippen LogP contribution in [-0.4, -0.2) is 20.8 Å². The average Bonchev–Trinajstić information content (AvgIpc) is 3.12. The van der Waals surface area contributed by atoms with Gasteiger partial charge < -0.3 is 10.3 Å². The van der Waals surface area contributed by atoms with Crippen molar-refractivity contribution in [1.82, 2.24) is 9.97 Å². The van der Waals surface area contributed by atoms with Crippen LogP contribution in [0.25, 0.3) is 22.4 Å². The van der Waals surface area contributed by atoms with Gasteiger partial charge in [0.15, 0.2) is 0 Å². The standard InChI is InChI=1S/C21H16N4O3/c26-20(13-14-9-11-15(12-10-14)25(27)28)22-17-6-2-1-5-16(17)21-23-18-7-3-4-8-19(18)24-21/h1-12H,13H2,(H,22,26)(H,23,24). The molecule has 1 heterocycles. The summed E-state index contributed by atoms with van der Waals surface area (Å²) in [6.07, 6.45) is 0.118. The number of nitro benzene ring substituents is 1. The Balaban J connectivity index is 1.55. The Kier molecular flexibility index (Phi) is 4.55. The summed E-state index contributed by atoms with van der Waals surface area (Å²) in [7, 11) is 0. The predicted octanol–water partition coefficient (Wildman–Crippen LogP) is 4.32. The van der Waals surface area contributed by atoms with E-state index in [0.717, 1.165) is 16.6 Å². The van der Waals surface area contributed by atoms with Crippen LogP contribution in [0.15, 0.2) is 72.8 Å². The summed E-state index contributed by atoms with van der Waals surface area (Å²) in [6.45, 7) is 0. The smallest absolute Gasteiger partial charge is 0.269 e. The second-order valence-electron chi connectivity index (χ2n) is 6.30. The molecule has 0 fully saturated rings. The zero-order valence-electron chi connectivity index (χ0n) is 14.8. The van der Waals surface area contributed by atoms with E-state index in [9.17, 15) is 14.9 Å². The quantitative estimate of drug-likeness (QED) is 0.402. The number of aromatic nitrogens is 2. The second kappa shape index (κ2) is 7.32. The van der Waals surface area contributed by atoms with Crippen molar-refractivity contribution in [3.05, 3.63) is 88.5 Å². The summed E-state index contributed by atoms with van der Waals surface area (Å²) in [6, 6.07) is 21.1. The first-order valence-corrected chi connectivity index (χ1v) is 8.67. The van der Waals surface area contributed by atoms with E-state index in [1.807, 2.05) is 48.5 Å². The van der Waals surface area contributed by atoms with Gasteiger partial charge in [-0.2, -0.15) is 0 Å². The third-order valence-electron chi connectivity index (χ3n) is 4.36. The van der Waals surface area contributed by atoms with Gasteiger partial charge in [0.25, 0.3) is 5.69 Å². The average molecular weight is 372 g/mol. The Morgan fingerprint density at radius 3 is 2.46 bits per heavy atom. The van der Waals surface area contributed by atoms with Crippen LogP contribution < -0.4 is 5.32 Å². The molecule has 4 rings (SSSR count). The molecule has 1 amide bonds. The number of benzene rings is 3. The maximum Gasteiger partial charge on any atom is 0.269 e. The number of fused-ring (bicyclic) bond motifs is 1. The maximum atomic E-state index is 12.5. The number of anilines is 1. The lowest BCUT2D eigenvalue weighted by Gasteiger charge is -2.09. The molecule has 0 aliphatic carbocycles. The van der Waals surface area contributed by atoms with Crippen LogP contribution in [0, 0.1) is 10.1 Å². The summed E-state index contributed by atoms with van der Waals surface area (Å²) in [5.74, 6) is 0.463. The van der Waals surface area contributed by atoms with Gasteiger partial charge >= 0.3 is 0 Å². The first-order valence-electron chi connectivity index (χ1n) is 8.67. The number of nitrogens with zero attached hydrogens (tertiary/aromatic N) is 2. The van der Waals surface area contributed by atoms with E-state index in [1.165, 1.54) is 12.1 Å². The highest BCUT2D eigenvalue weighted by atomic mass is 16.6. The van der Waals surface area contributed by atoms with Gasteiger partial charge in [-0.3, -0.25) is 14.9 Å². The van der Waals surface area contributed by atoms with Gasteiger partial charge in [-0.1, -0.05) is 36.4 Å². The van der Waals surface area contributed by atoms with E-state index < -0.39 is 4.92 Å². The van der Waals surface area contributed by atoms with Crippen molar-refractivity contribution in [1.29, 1.82) is 0 Å². The molecule has 0 aliphatic heterocycles. The van der Waals surface area contributed by atoms with Crippen LogP contribution in [0.4, 0.5) is 11.4 Å². The first kappa shape index (κ1) is 17.4. The molecule has 7 nitrogen and oxygen atoms in total. The normalized spacial score (nSPS) is 10.7. The molecule has 0 saturated heterocycles. The van der Waals surface area contributed by atoms with Gasteiger partial charge in [-0.15, -0.1) is 0 Å². The Morgan fingerprint density at radius 2 is 1.71 bits per heavy atom. The van der Waals surface area contributed by atoms with Crippen molar-refractivity contribution in [2.45, 2.75) is 6.42 Å². The van der Waals surface area contributed by atoms with Crippen LogP contribution in [0.2, 0.25) is 0 Å². The lowest BCUT2D eigenvalue weighted by molar-refractivity contribution is -0.384. The van der Waals surface area contributed by atoms with E-state index in [0.29, 0.717) is 17.1 Å². The number of H-pyrrole nitrogens is 1. The maximum absolute atomic E-state index is 12.5. The summed E-state index contributed by atoms with van der Waals surface area (Å²) in [5, 5.41) is 13.6. The molecule has 28 heavy (non-hydrogen) atoms. The number of carbonyl (C=O) groups excluding carboxylic acids is 1. The molecule has 0 radical (unpaired) electrons. The number of imidazole rings is 1. The summed E-state index contributed by atoms with van der Waals surface area (Å²) >= 11 is 0. The number of nitro groups is 1. The Labute approximate surface area is 160 Å². The molecule has 0 unspecified atom stereocenters. The number of para-hydroxylation sites is 3. The van der Waals surface area contributed by atoms with E-state index in [1.54, 1.807) is 12.1 Å². The first-order chi connectivity index (χ1) is 13.6. The van der Waals surface area contributed by atoms with Crippen molar-refractivity contribution in [2.24, 2.45) is 0 Å². The monoisotopic (exact) mass is 372 g/mol. The largest absolute Gasteiger partial charge is 0.338 e. The third-order valence-corrected chi connectivity index (χ3v) is 4.36. The number of non-ortho nitro benzene ring substituents is 1. The highest BCUT2D eigenvalue weighted by Gasteiger charge is 2.13. The molecular formula is C21H16N4O3. The third kappa shape index (κ3) is 3.59. The van der Waals surface area contributed by atoms with Gasteiger partial charge in [0.05, 0.1) is 28.1 Å². The molecular weight excluding hydrogens is 356 g/mol. The Morgan fingerprint density at radius 1 is 1.00 bits per heavy atom. The number of rotatable bonds is 5. The van der Waals surface area contributed by atoms with Gasteiger partial charge in [-0.25, -0.2) is 4.98 Å². The molecule has 0 bridgehead atoms. The van der Waals surface area contributed by atoms with Crippen LogP contribution in [-0.2, 0) is 11.2 Å². The summed E-state index contributed by atoms with van der Waals surface area (Å²) in [4.78, 5) is 30.6. The molecule has 1 aromatic heterocycles. The number of nitrogens with one attached hydrogen (secondary N) is 2. The molecule has 0 atom stereocenters. The van der Waals surface area contributed by atoms with Crippen molar-refractivity contribution < 1.29 is 9.72 Å². The predicted molar refractivity (Wildman–Crippen MR) is 107 cm³/mol. The van der Waals surface area contributed by atoms with Crippen LogP contribution >= 0.6 is 0 Å². The van der Waals surface area contributed by atoms with Crippen molar-refractivity contribution in [3.8, 4) is 11.4 Å². The molecule has 2 N–H and O–H groups in total. The number of hydrogen-bond acceptors (Lipinski definition) is 4. The fraction of sp³-hybridized carbons (Fsp3) is 0.0476. The fourth-order valence-electron chi connectivity index (χ4n) is 2.99. The Hall–Kier alpha value is -4.00. The highest BCUT2D eigenvalue weighted by Crippen LogP contribution is 2.27. The van der Waals surface area contributed by atoms with Crippen LogP contribution in [0.5, 0.6) is 0 Å². The summed E-state index contributed by atoms with van der Waals surface area (Å²) < 4.78 is 0. The van der Waals surface area contributed by atoms with Gasteiger partial charge in [-0.05, 0) is 29.8 Å². The lowest BCUT2D eigenvalue weighted by Crippen LogP contribution is -2.15. The van der Waals surface area contributed by atoms with Gasteiger partial charge in [0.1, 0.15) is 5.82 Å².